The summed E-state index contributed by atoms with van der Waals surface area (Å²) in [7, 11) is 0. The van der Waals surface area contributed by atoms with Crippen molar-refractivity contribution in [2.45, 2.75) is 78.1 Å². The number of carbonyl (C=O) groups excluding carboxylic acids is 1. The highest BCUT2D eigenvalue weighted by Gasteiger charge is 2.58. The van der Waals surface area contributed by atoms with Crippen LogP contribution in [0, 0.1) is 34.5 Å². The molecule has 4 aliphatic carbocycles. The summed E-state index contributed by atoms with van der Waals surface area (Å²) in [6.45, 7) is 5.12. The number of hydrogen-bond acceptors (Lipinski definition) is 1. The first-order chi connectivity index (χ1) is 10.6. The minimum atomic E-state index is 0.467. The Balaban J connectivity index is 1.64. The summed E-state index contributed by atoms with van der Waals surface area (Å²) in [5, 5.41) is 0. The summed E-state index contributed by atoms with van der Waals surface area (Å²) in [5.74, 6) is 3.44. The van der Waals surface area contributed by atoms with Crippen LogP contribution in [0.2, 0.25) is 0 Å². The topological polar surface area (TPSA) is 17.1 Å². The fourth-order valence-electron chi connectivity index (χ4n) is 7.37. The van der Waals surface area contributed by atoms with Gasteiger partial charge in [0.2, 0.25) is 0 Å². The van der Waals surface area contributed by atoms with E-state index in [1.165, 1.54) is 64.1 Å². The molecule has 1 nitrogen and oxygen atoms in total. The van der Waals surface area contributed by atoms with Crippen LogP contribution in [0.3, 0.4) is 0 Å². The highest BCUT2D eigenvalue weighted by molar-refractivity contribution is 5.50. The number of allylic oxidation sites excluding steroid dienone is 2. The van der Waals surface area contributed by atoms with Gasteiger partial charge < -0.3 is 4.79 Å². The molecular formula is C21H32O. The second kappa shape index (κ2) is 5.21. The molecule has 122 valence electrons. The van der Waals surface area contributed by atoms with Gasteiger partial charge in [0.05, 0.1) is 0 Å². The number of aldehydes is 1. The van der Waals surface area contributed by atoms with Gasteiger partial charge in [-0.2, -0.15) is 0 Å². The molecular weight excluding hydrogens is 268 g/mol. The van der Waals surface area contributed by atoms with Crippen LogP contribution < -0.4 is 0 Å². The Bertz CT molecular complexity index is 492. The molecule has 0 bridgehead atoms. The molecule has 4 rings (SSSR count). The highest BCUT2D eigenvalue weighted by atomic mass is 16.1. The van der Waals surface area contributed by atoms with E-state index >= 15 is 0 Å². The minimum absolute atomic E-state index is 0.467. The maximum atomic E-state index is 11.1. The largest absolute Gasteiger partial charge is 0.303 e. The molecule has 0 heterocycles. The van der Waals surface area contributed by atoms with E-state index in [4.69, 9.17) is 0 Å². The molecule has 0 radical (unpaired) electrons. The van der Waals surface area contributed by atoms with Crippen molar-refractivity contribution in [3.63, 3.8) is 0 Å². The van der Waals surface area contributed by atoms with Crippen molar-refractivity contribution in [1.29, 1.82) is 0 Å². The Labute approximate surface area is 135 Å². The fourth-order valence-corrected chi connectivity index (χ4v) is 7.37. The van der Waals surface area contributed by atoms with Crippen molar-refractivity contribution < 1.29 is 4.79 Å². The third-order valence-electron chi connectivity index (χ3n) is 8.60. The van der Waals surface area contributed by atoms with Crippen molar-refractivity contribution in [1.82, 2.24) is 0 Å². The third kappa shape index (κ3) is 1.93. The average Bonchev–Trinajstić information content (AvgIpc) is 2.84. The average molecular weight is 300 g/mol. The van der Waals surface area contributed by atoms with Crippen LogP contribution in [0.15, 0.2) is 11.6 Å². The molecule has 0 N–H and O–H groups in total. The molecule has 0 saturated heterocycles. The quantitative estimate of drug-likeness (QED) is 0.483. The van der Waals surface area contributed by atoms with Gasteiger partial charge >= 0.3 is 0 Å². The summed E-state index contributed by atoms with van der Waals surface area (Å²) in [4.78, 5) is 11.1. The van der Waals surface area contributed by atoms with Gasteiger partial charge in [-0.05, 0) is 92.3 Å². The van der Waals surface area contributed by atoms with Crippen LogP contribution in [0.4, 0.5) is 0 Å². The number of rotatable bonds is 2. The predicted molar refractivity (Wildman–Crippen MR) is 90.5 cm³/mol. The monoisotopic (exact) mass is 300 g/mol. The second-order valence-corrected chi connectivity index (χ2v) is 9.18. The van der Waals surface area contributed by atoms with E-state index in [-0.39, 0.29) is 0 Å². The summed E-state index contributed by atoms with van der Waals surface area (Å²) < 4.78 is 0. The lowest BCUT2D eigenvalue weighted by Gasteiger charge is -2.58. The van der Waals surface area contributed by atoms with Crippen LogP contribution in [-0.2, 0) is 4.79 Å². The molecule has 1 heteroatoms. The van der Waals surface area contributed by atoms with Crippen molar-refractivity contribution in [3.05, 3.63) is 11.6 Å². The molecule has 4 aliphatic rings. The van der Waals surface area contributed by atoms with E-state index in [2.05, 4.69) is 19.9 Å². The van der Waals surface area contributed by atoms with Gasteiger partial charge in [0, 0.05) is 6.42 Å². The van der Waals surface area contributed by atoms with E-state index in [0.717, 1.165) is 24.2 Å². The summed E-state index contributed by atoms with van der Waals surface area (Å²) >= 11 is 0. The smallest absolute Gasteiger partial charge is 0.120 e. The summed E-state index contributed by atoms with van der Waals surface area (Å²) in [6.07, 6.45) is 17.0. The molecule has 0 aromatic carbocycles. The Hall–Kier alpha value is -0.590. The number of fused-ring (bicyclic) bond motifs is 5. The lowest BCUT2D eigenvalue weighted by atomic mass is 9.47. The molecule has 0 amide bonds. The zero-order valence-electron chi connectivity index (χ0n) is 14.4. The van der Waals surface area contributed by atoms with Gasteiger partial charge in [0.15, 0.2) is 0 Å². The lowest BCUT2D eigenvalue weighted by molar-refractivity contribution is -0.110. The Kier molecular flexibility index (Phi) is 3.55. The zero-order valence-corrected chi connectivity index (χ0v) is 14.4. The Morgan fingerprint density at radius 1 is 1.14 bits per heavy atom. The highest BCUT2D eigenvalue weighted by Crippen LogP contribution is 2.66. The molecule has 0 unspecified atom stereocenters. The van der Waals surface area contributed by atoms with Gasteiger partial charge in [-0.3, -0.25) is 0 Å². The second-order valence-electron chi connectivity index (χ2n) is 9.18. The molecule has 0 aromatic rings. The first kappa shape index (κ1) is 15.0. The molecule has 3 fully saturated rings. The molecule has 0 spiro atoms. The maximum absolute atomic E-state index is 11.1. The van der Waals surface area contributed by atoms with Crippen LogP contribution >= 0.6 is 0 Å². The molecule has 22 heavy (non-hydrogen) atoms. The van der Waals surface area contributed by atoms with Gasteiger partial charge in [0.1, 0.15) is 6.29 Å². The SMILES string of the molecule is C[C@]12CC[C@H]3[C@@H](CCC4=CCCC[C@@]43C)[C@@H]1CC[C@@H]2CC=O. The van der Waals surface area contributed by atoms with Gasteiger partial charge in [0.25, 0.3) is 0 Å². The number of carbonyl (C=O) groups is 1. The lowest BCUT2D eigenvalue weighted by Crippen LogP contribution is -2.50. The first-order valence-electron chi connectivity index (χ1n) is 9.73. The van der Waals surface area contributed by atoms with Crippen LogP contribution in [-0.4, -0.2) is 6.29 Å². The summed E-state index contributed by atoms with van der Waals surface area (Å²) in [5.41, 5.74) is 2.80. The van der Waals surface area contributed by atoms with E-state index in [1.807, 2.05) is 5.57 Å². The normalized spacial score (nSPS) is 50.5. The third-order valence-corrected chi connectivity index (χ3v) is 8.60. The summed E-state index contributed by atoms with van der Waals surface area (Å²) in [6, 6.07) is 0. The first-order valence-corrected chi connectivity index (χ1v) is 9.73. The fraction of sp³-hybridized carbons (Fsp3) is 0.857. The molecule has 3 saturated carbocycles. The van der Waals surface area contributed by atoms with Crippen LogP contribution in [0.5, 0.6) is 0 Å². The maximum Gasteiger partial charge on any atom is 0.120 e. The molecule has 0 aromatic heterocycles. The van der Waals surface area contributed by atoms with Crippen molar-refractivity contribution >= 4 is 6.29 Å². The standard InChI is InChI=1S/C21H32O/c1-20-12-4-3-5-15(20)6-8-17-18-9-7-16(11-14-22)21(18,2)13-10-19(17)20/h5,14,16-19H,3-4,6-13H2,1-2H3/t16-,17+,18+,19+,20+,21-/m1/s1. The van der Waals surface area contributed by atoms with E-state index in [9.17, 15) is 4.79 Å². The zero-order chi connectivity index (χ0) is 15.4. The van der Waals surface area contributed by atoms with Gasteiger partial charge in [-0.15, -0.1) is 0 Å². The number of hydrogen-bond donors (Lipinski definition) is 0. The van der Waals surface area contributed by atoms with Crippen LogP contribution in [0.25, 0.3) is 0 Å². The van der Waals surface area contributed by atoms with Gasteiger partial charge in [-0.25, -0.2) is 0 Å². The van der Waals surface area contributed by atoms with E-state index in [1.54, 1.807) is 0 Å². The van der Waals surface area contributed by atoms with Crippen molar-refractivity contribution in [3.8, 4) is 0 Å². The van der Waals surface area contributed by atoms with Gasteiger partial charge in [-0.1, -0.05) is 25.5 Å². The van der Waals surface area contributed by atoms with Crippen molar-refractivity contribution in [2.24, 2.45) is 34.5 Å². The Morgan fingerprint density at radius 3 is 2.82 bits per heavy atom. The molecule has 6 atom stereocenters. The van der Waals surface area contributed by atoms with E-state index in [0.29, 0.717) is 16.7 Å². The predicted octanol–water partition coefficient (Wildman–Crippen LogP) is 5.54. The Morgan fingerprint density at radius 2 is 2.00 bits per heavy atom. The minimum Gasteiger partial charge on any atom is -0.303 e. The van der Waals surface area contributed by atoms with Crippen LogP contribution in [0.1, 0.15) is 78.1 Å². The molecule has 0 aliphatic heterocycles. The van der Waals surface area contributed by atoms with Crippen molar-refractivity contribution in [2.75, 3.05) is 0 Å². The van der Waals surface area contributed by atoms with E-state index < -0.39 is 0 Å².